The zero-order valence-electron chi connectivity index (χ0n) is 12.4. The molecular formula is C15H20N4O. The molecule has 3 rings (SSSR count). The number of nitrogens with zero attached hydrogens (tertiary/aromatic N) is 3. The summed E-state index contributed by atoms with van der Waals surface area (Å²) in [6, 6.07) is 1.97. The van der Waals surface area contributed by atoms with Crippen LogP contribution >= 0.6 is 0 Å². The van der Waals surface area contributed by atoms with Crippen LogP contribution in [-0.4, -0.2) is 26.0 Å². The third-order valence-electron chi connectivity index (χ3n) is 4.04. The van der Waals surface area contributed by atoms with Crippen molar-refractivity contribution >= 4 is 11.6 Å². The molecule has 2 aromatic heterocycles. The van der Waals surface area contributed by atoms with Crippen LogP contribution in [0.1, 0.15) is 48.4 Å². The standard InChI is InChI=1S/C15H20N4O/c1-9-7-10(2)18-19-12(8-16-13(9)19)14(20)17-15(3,4)11-5-6-11/h7-8,11H,5-6H2,1-4H3,(H,17,20). The summed E-state index contributed by atoms with van der Waals surface area (Å²) in [6.45, 7) is 8.06. The molecule has 1 amide bonds. The van der Waals surface area contributed by atoms with E-state index in [1.54, 1.807) is 10.7 Å². The summed E-state index contributed by atoms with van der Waals surface area (Å²) in [7, 11) is 0. The highest BCUT2D eigenvalue weighted by molar-refractivity contribution is 5.93. The number of imidazole rings is 1. The first-order valence-corrected chi connectivity index (χ1v) is 7.03. The first-order chi connectivity index (χ1) is 9.38. The van der Waals surface area contributed by atoms with Crippen LogP contribution in [0.5, 0.6) is 0 Å². The Kier molecular flexibility index (Phi) is 2.81. The van der Waals surface area contributed by atoms with Gasteiger partial charge in [-0.25, -0.2) is 9.50 Å². The van der Waals surface area contributed by atoms with Gasteiger partial charge in [0.15, 0.2) is 11.3 Å². The first kappa shape index (κ1) is 13.1. The Hall–Kier alpha value is -1.91. The monoisotopic (exact) mass is 272 g/mol. The van der Waals surface area contributed by atoms with Crippen molar-refractivity contribution in [1.82, 2.24) is 19.9 Å². The topological polar surface area (TPSA) is 59.3 Å². The summed E-state index contributed by atoms with van der Waals surface area (Å²) in [6.07, 6.45) is 3.99. The first-order valence-electron chi connectivity index (χ1n) is 7.03. The van der Waals surface area contributed by atoms with Crippen LogP contribution in [0.2, 0.25) is 0 Å². The van der Waals surface area contributed by atoms with E-state index in [0.717, 1.165) is 16.9 Å². The Bertz CT molecular complexity index is 682. The van der Waals surface area contributed by atoms with E-state index in [1.807, 2.05) is 19.9 Å². The zero-order chi connectivity index (χ0) is 14.5. The summed E-state index contributed by atoms with van der Waals surface area (Å²) >= 11 is 0. The molecule has 1 saturated carbocycles. The Balaban J connectivity index is 1.95. The van der Waals surface area contributed by atoms with Gasteiger partial charge in [0.05, 0.1) is 11.9 Å². The van der Waals surface area contributed by atoms with Crippen molar-refractivity contribution in [1.29, 1.82) is 0 Å². The summed E-state index contributed by atoms with van der Waals surface area (Å²) in [5.74, 6) is 0.481. The van der Waals surface area contributed by atoms with Crippen molar-refractivity contribution in [2.24, 2.45) is 5.92 Å². The predicted octanol–water partition coefficient (Wildman–Crippen LogP) is 2.26. The lowest BCUT2D eigenvalue weighted by Crippen LogP contribution is -2.45. The fraction of sp³-hybridized carbons (Fsp3) is 0.533. The highest BCUT2D eigenvalue weighted by Gasteiger charge is 2.39. The molecule has 0 aliphatic heterocycles. The molecular weight excluding hydrogens is 252 g/mol. The lowest BCUT2D eigenvalue weighted by atomic mass is 9.98. The molecule has 106 valence electrons. The number of carbonyl (C=O) groups is 1. The molecule has 5 heteroatoms. The molecule has 1 aliphatic rings. The molecule has 0 saturated heterocycles. The maximum absolute atomic E-state index is 12.5. The van der Waals surface area contributed by atoms with Gasteiger partial charge in [-0.15, -0.1) is 0 Å². The van der Waals surface area contributed by atoms with E-state index in [2.05, 4.69) is 29.2 Å². The molecule has 1 N–H and O–H groups in total. The van der Waals surface area contributed by atoms with E-state index in [9.17, 15) is 4.79 Å². The highest BCUT2D eigenvalue weighted by Crippen LogP contribution is 2.39. The van der Waals surface area contributed by atoms with Crippen molar-refractivity contribution in [3.63, 3.8) is 0 Å². The van der Waals surface area contributed by atoms with Gasteiger partial charge in [0.25, 0.3) is 5.91 Å². The summed E-state index contributed by atoms with van der Waals surface area (Å²) in [5, 5.41) is 7.51. The summed E-state index contributed by atoms with van der Waals surface area (Å²) in [5.41, 5.74) is 2.98. The fourth-order valence-electron chi connectivity index (χ4n) is 2.70. The van der Waals surface area contributed by atoms with E-state index >= 15 is 0 Å². The molecule has 2 aromatic rings. The highest BCUT2D eigenvalue weighted by atomic mass is 16.2. The van der Waals surface area contributed by atoms with Gasteiger partial charge in [-0.2, -0.15) is 5.10 Å². The van der Waals surface area contributed by atoms with Crippen molar-refractivity contribution in [3.05, 3.63) is 29.2 Å². The maximum atomic E-state index is 12.5. The average molecular weight is 272 g/mol. The molecule has 5 nitrogen and oxygen atoms in total. The molecule has 0 bridgehead atoms. The van der Waals surface area contributed by atoms with E-state index in [-0.39, 0.29) is 11.4 Å². The number of hydrogen-bond donors (Lipinski definition) is 1. The number of rotatable bonds is 3. The van der Waals surface area contributed by atoms with Gasteiger partial charge >= 0.3 is 0 Å². The second kappa shape index (κ2) is 4.30. The van der Waals surface area contributed by atoms with E-state index < -0.39 is 0 Å². The van der Waals surface area contributed by atoms with Crippen LogP contribution in [0.25, 0.3) is 5.65 Å². The van der Waals surface area contributed by atoms with Crippen LogP contribution < -0.4 is 5.32 Å². The van der Waals surface area contributed by atoms with Gasteiger partial charge in [-0.05, 0) is 58.1 Å². The lowest BCUT2D eigenvalue weighted by Gasteiger charge is -2.25. The van der Waals surface area contributed by atoms with Crippen molar-refractivity contribution < 1.29 is 4.79 Å². The second-order valence-corrected chi connectivity index (χ2v) is 6.30. The van der Waals surface area contributed by atoms with Gasteiger partial charge in [-0.3, -0.25) is 4.79 Å². The third-order valence-corrected chi connectivity index (χ3v) is 4.04. The lowest BCUT2D eigenvalue weighted by molar-refractivity contribution is 0.0896. The number of amides is 1. The van der Waals surface area contributed by atoms with Crippen LogP contribution in [0, 0.1) is 19.8 Å². The SMILES string of the molecule is Cc1cc(C)c2ncc(C(=O)NC(C)(C)C3CC3)n2n1. The normalized spacial score (nSPS) is 15.6. The number of aryl methyl sites for hydroxylation is 2. The Morgan fingerprint density at radius 3 is 2.75 bits per heavy atom. The van der Waals surface area contributed by atoms with Gasteiger partial charge in [0.2, 0.25) is 0 Å². The molecule has 0 aromatic carbocycles. The Morgan fingerprint density at radius 1 is 1.40 bits per heavy atom. The largest absolute Gasteiger partial charge is 0.345 e. The minimum Gasteiger partial charge on any atom is -0.345 e. The number of nitrogens with one attached hydrogen (secondary N) is 1. The molecule has 1 fully saturated rings. The van der Waals surface area contributed by atoms with Crippen molar-refractivity contribution in [3.8, 4) is 0 Å². The van der Waals surface area contributed by atoms with Gasteiger partial charge < -0.3 is 5.32 Å². The van der Waals surface area contributed by atoms with Gasteiger partial charge in [0, 0.05) is 5.54 Å². The Labute approximate surface area is 118 Å². The Morgan fingerprint density at radius 2 is 2.10 bits per heavy atom. The molecule has 0 atom stereocenters. The van der Waals surface area contributed by atoms with E-state index in [0.29, 0.717) is 11.6 Å². The number of hydrogen-bond acceptors (Lipinski definition) is 3. The van der Waals surface area contributed by atoms with Crippen molar-refractivity contribution in [2.45, 2.75) is 46.1 Å². The second-order valence-electron chi connectivity index (χ2n) is 6.30. The maximum Gasteiger partial charge on any atom is 0.272 e. The fourth-order valence-corrected chi connectivity index (χ4v) is 2.70. The van der Waals surface area contributed by atoms with Crippen LogP contribution in [0.3, 0.4) is 0 Å². The molecule has 0 radical (unpaired) electrons. The molecule has 20 heavy (non-hydrogen) atoms. The minimum absolute atomic E-state index is 0.105. The molecule has 0 unspecified atom stereocenters. The third kappa shape index (κ3) is 2.17. The smallest absolute Gasteiger partial charge is 0.272 e. The van der Waals surface area contributed by atoms with Gasteiger partial charge in [-0.1, -0.05) is 0 Å². The summed E-state index contributed by atoms with van der Waals surface area (Å²) < 4.78 is 1.64. The van der Waals surface area contributed by atoms with Gasteiger partial charge in [0.1, 0.15) is 0 Å². The number of fused-ring (bicyclic) bond motifs is 1. The summed E-state index contributed by atoms with van der Waals surface area (Å²) in [4.78, 5) is 16.8. The molecule has 0 spiro atoms. The predicted molar refractivity (Wildman–Crippen MR) is 76.7 cm³/mol. The molecule has 1 aliphatic carbocycles. The van der Waals surface area contributed by atoms with E-state index in [4.69, 9.17) is 0 Å². The van der Waals surface area contributed by atoms with Crippen molar-refractivity contribution in [2.75, 3.05) is 0 Å². The van der Waals surface area contributed by atoms with E-state index in [1.165, 1.54) is 12.8 Å². The number of carbonyl (C=O) groups excluding carboxylic acids is 1. The van der Waals surface area contributed by atoms with Crippen LogP contribution in [-0.2, 0) is 0 Å². The molecule has 2 heterocycles. The quantitative estimate of drug-likeness (QED) is 0.932. The average Bonchev–Trinajstić information content (AvgIpc) is 3.10. The zero-order valence-corrected chi connectivity index (χ0v) is 12.4. The minimum atomic E-state index is -0.167. The van der Waals surface area contributed by atoms with Crippen LogP contribution in [0.4, 0.5) is 0 Å². The van der Waals surface area contributed by atoms with Crippen LogP contribution in [0.15, 0.2) is 12.3 Å². The number of aromatic nitrogens is 3.